The van der Waals surface area contributed by atoms with E-state index in [9.17, 15) is 20.4 Å². The SMILES string of the molecule is CC1(C)OC(CC#Cc2ccc(O)c(O)c2)C(c2ccc(O)c(O)c2)O1. The third-order valence-electron chi connectivity index (χ3n) is 4.02. The topological polar surface area (TPSA) is 99.4 Å². The van der Waals surface area contributed by atoms with Crippen LogP contribution in [0.15, 0.2) is 36.4 Å². The Labute approximate surface area is 151 Å². The molecule has 2 atom stereocenters. The second-order valence-corrected chi connectivity index (χ2v) is 6.55. The van der Waals surface area contributed by atoms with Crippen LogP contribution in [0.4, 0.5) is 0 Å². The van der Waals surface area contributed by atoms with Gasteiger partial charge in [-0.05, 0) is 49.7 Å². The predicted octanol–water partition coefficient (Wildman–Crippen LogP) is 3.14. The van der Waals surface area contributed by atoms with Crippen molar-refractivity contribution in [1.82, 2.24) is 0 Å². The second kappa shape index (κ2) is 6.79. The third-order valence-corrected chi connectivity index (χ3v) is 4.02. The maximum absolute atomic E-state index is 9.73. The Bertz CT molecular complexity index is 878. The van der Waals surface area contributed by atoms with Crippen LogP contribution in [-0.4, -0.2) is 32.3 Å². The molecule has 0 radical (unpaired) electrons. The van der Waals surface area contributed by atoms with Gasteiger partial charge in [-0.3, -0.25) is 0 Å². The molecule has 2 aromatic carbocycles. The lowest BCUT2D eigenvalue weighted by molar-refractivity contribution is -0.146. The summed E-state index contributed by atoms with van der Waals surface area (Å²) in [6.45, 7) is 3.59. The molecule has 1 aliphatic heterocycles. The molecule has 0 bridgehead atoms. The van der Waals surface area contributed by atoms with Gasteiger partial charge in [0.1, 0.15) is 12.2 Å². The van der Waals surface area contributed by atoms with Gasteiger partial charge in [0, 0.05) is 12.0 Å². The molecule has 1 fully saturated rings. The van der Waals surface area contributed by atoms with Crippen LogP contribution in [0.1, 0.15) is 37.5 Å². The van der Waals surface area contributed by atoms with Crippen LogP contribution in [0.2, 0.25) is 0 Å². The van der Waals surface area contributed by atoms with Crippen LogP contribution >= 0.6 is 0 Å². The molecule has 0 saturated carbocycles. The van der Waals surface area contributed by atoms with Gasteiger partial charge in [0.25, 0.3) is 0 Å². The van der Waals surface area contributed by atoms with Gasteiger partial charge >= 0.3 is 0 Å². The second-order valence-electron chi connectivity index (χ2n) is 6.55. The molecule has 2 aromatic rings. The van der Waals surface area contributed by atoms with Crippen LogP contribution in [0.5, 0.6) is 23.0 Å². The maximum atomic E-state index is 9.73. The molecule has 2 unspecified atom stereocenters. The molecule has 26 heavy (non-hydrogen) atoms. The van der Waals surface area contributed by atoms with E-state index in [4.69, 9.17) is 9.47 Å². The summed E-state index contributed by atoms with van der Waals surface area (Å²) in [4.78, 5) is 0. The number of hydrogen-bond donors (Lipinski definition) is 4. The zero-order valence-electron chi connectivity index (χ0n) is 14.4. The van der Waals surface area contributed by atoms with E-state index in [0.717, 1.165) is 0 Å². The zero-order chi connectivity index (χ0) is 18.9. The first-order valence-electron chi connectivity index (χ1n) is 8.13. The summed E-state index contributed by atoms with van der Waals surface area (Å²) < 4.78 is 11.8. The Hall–Kier alpha value is -2.88. The Morgan fingerprint density at radius 1 is 0.885 bits per heavy atom. The average molecular weight is 356 g/mol. The van der Waals surface area contributed by atoms with Crippen molar-refractivity contribution in [2.75, 3.05) is 0 Å². The van der Waals surface area contributed by atoms with Crippen molar-refractivity contribution >= 4 is 0 Å². The summed E-state index contributed by atoms with van der Waals surface area (Å²) in [6.07, 6.45) is -0.455. The van der Waals surface area contributed by atoms with Gasteiger partial charge in [0.15, 0.2) is 28.8 Å². The Kier molecular flexibility index (Phi) is 4.68. The molecule has 1 heterocycles. The van der Waals surface area contributed by atoms with E-state index in [0.29, 0.717) is 17.5 Å². The van der Waals surface area contributed by atoms with E-state index in [2.05, 4.69) is 11.8 Å². The number of phenolic OH excluding ortho intramolecular Hbond substituents is 4. The molecule has 0 spiro atoms. The van der Waals surface area contributed by atoms with Crippen molar-refractivity contribution in [3.05, 3.63) is 47.5 Å². The highest BCUT2D eigenvalue weighted by Crippen LogP contribution is 2.41. The standard InChI is InChI=1S/C20H20O6/c1-20(2)25-18(5-3-4-12-6-8-14(21)16(23)10-12)19(26-20)13-7-9-15(22)17(24)11-13/h6-11,18-19,21-24H,5H2,1-2H3. The fourth-order valence-corrected chi connectivity index (χ4v) is 2.84. The minimum Gasteiger partial charge on any atom is -0.504 e. The lowest BCUT2D eigenvalue weighted by atomic mass is 10.0. The molecular formula is C20H20O6. The summed E-state index contributed by atoms with van der Waals surface area (Å²) in [5.41, 5.74) is 1.25. The third kappa shape index (κ3) is 3.85. The highest BCUT2D eigenvalue weighted by Gasteiger charge is 2.41. The van der Waals surface area contributed by atoms with E-state index >= 15 is 0 Å². The van der Waals surface area contributed by atoms with Crippen LogP contribution in [0, 0.1) is 11.8 Å². The number of benzene rings is 2. The number of rotatable bonds is 2. The fourth-order valence-electron chi connectivity index (χ4n) is 2.84. The monoisotopic (exact) mass is 356 g/mol. The maximum Gasteiger partial charge on any atom is 0.164 e. The van der Waals surface area contributed by atoms with Gasteiger partial charge in [0.05, 0.1) is 0 Å². The first-order chi connectivity index (χ1) is 12.2. The van der Waals surface area contributed by atoms with Gasteiger partial charge in [-0.15, -0.1) is 0 Å². The molecule has 0 aromatic heterocycles. The smallest absolute Gasteiger partial charge is 0.164 e. The Balaban J connectivity index is 1.79. The van der Waals surface area contributed by atoms with Crippen LogP contribution in [0.3, 0.4) is 0 Å². The molecular weight excluding hydrogens is 336 g/mol. The predicted molar refractivity (Wildman–Crippen MR) is 93.8 cm³/mol. The minimum atomic E-state index is -0.804. The molecule has 136 valence electrons. The van der Waals surface area contributed by atoms with Crippen molar-refractivity contribution in [3.63, 3.8) is 0 Å². The first-order valence-corrected chi connectivity index (χ1v) is 8.13. The zero-order valence-corrected chi connectivity index (χ0v) is 14.4. The highest BCUT2D eigenvalue weighted by molar-refractivity contribution is 5.47. The lowest BCUT2D eigenvalue weighted by Crippen LogP contribution is -2.21. The molecule has 6 heteroatoms. The molecule has 1 saturated heterocycles. The van der Waals surface area contributed by atoms with Crippen LogP contribution in [0.25, 0.3) is 0 Å². The molecule has 6 nitrogen and oxygen atoms in total. The van der Waals surface area contributed by atoms with Crippen molar-refractivity contribution in [1.29, 1.82) is 0 Å². The van der Waals surface area contributed by atoms with E-state index < -0.39 is 11.9 Å². The average Bonchev–Trinajstić information content (AvgIpc) is 2.88. The van der Waals surface area contributed by atoms with E-state index in [1.165, 1.54) is 24.3 Å². The number of phenols is 4. The number of hydrogen-bond acceptors (Lipinski definition) is 6. The normalized spacial score (nSPS) is 21.2. The van der Waals surface area contributed by atoms with Gasteiger partial charge in [0.2, 0.25) is 0 Å². The summed E-state index contributed by atoms with van der Waals surface area (Å²) >= 11 is 0. The largest absolute Gasteiger partial charge is 0.504 e. The first kappa shape index (κ1) is 17.9. The van der Waals surface area contributed by atoms with Crippen LogP contribution < -0.4 is 0 Å². The van der Waals surface area contributed by atoms with E-state index in [1.807, 2.05) is 0 Å². The van der Waals surface area contributed by atoms with Gasteiger partial charge < -0.3 is 29.9 Å². The van der Waals surface area contributed by atoms with Gasteiger partial charge in [-0.2, -0.15) is 0 Å². The van der Waals surface area contributed by atoms with Crippen molar-refractivity contribution in [2.24, 2.45) is 0 Å². The molecule has 0 amide bonds. The Morgan fingerprint density at radius 3 is 2.19 bits per heavy atom. The molecule has 3 rings (SSSR count). The van der Waals surface area contributed by atoms with Crippen molar-refractivity contribution in [3.8, 4) is 34.8 Å². The quantitative estimate of drug-likeness (QED) is 0.487. The molecule has 4 N–H and O–H groups in total. The number of ether oxygens (including phenoxy) is 2. The molecule has 0 aliphatic carbocycles. The van der Waals surface area contributed by atoms with Crippen molar-refractivity contribution in [2.45, 2.75) is 38.3 Å². The molecule has 1 aliphatic rings. The van der Waals surface area contributed by atoms with Gasteiger partial charge in [-0.25, -0.2) is 0 Å². The summed E-state index contributed by atoms with van der Waals surface area (Å²) in [6, 6.07) is 8.88. The highest BCUT2D eigenvalue weighted by atomic mass is 16.7. The minimum absolute atomic E-state index is 0.197. The van der Waals surface area contributed by atoms with E-state index in [1.54, 1.807) is 26.0 Å². The Morgan fingerprint density at radius 2 is 1.54 bits per heavy atom. The van der Waals surface area contributed by atoms with E-state index in [-0.39, 0.29) is 29.1 Å². The van der Waals surface area contributed by atoms with Gasteiger partial charge in [-0.1, -0.05) is 17.9 Å². The summed E-state index contributed by atoms with van der Waals surface area (Å²) in [7, 11) is 0. The van der Waals surface area contributed by atoms with Crippen molar-refractivity contribution < 1.29 is 29.9 Å². The number of aromatic hydroxyl groups is 4. The lowest BCUT2D eigenvalue weighted by Gasteiger charge is -2.17. The van der Waals surface area contributed by atoms with Crippen LogP contribution in [-0.2, 0) is 9.47 Å². The summed E-state index contributed by atoms with van der Waals surface area (Å²) in [5, 5.41) is 38.1. The summed E-state index contributed by atoms with van der Waals surface area (Å²) in [5.74, 6) is 4.26. The fraction of sp³-hybridized carbons (Fsp3) is 0.300.